The molecular formula is C10H11ClF3N3O3. The van der Waals surface area contributed by atoms with Gasteiger partial charge in [0.05, 0.1) is 5.02 Å². The number of amides is 1. The molecule has 1 amide bonds. The van der Waals surface area contributed by atoms with Crippen LogP contribution in [0.1, 0.15) is 16.1 Å². The first-order valence-corrected chi connectivity index (χ1v) is 5.70. The Morgan fingerprint density at radius 3 is 2.45 bits per heavy atom. The van der Waals surface area contributed by atoms with Gasteiger partial charge in [-0.1, -0.05) is 11.6 Å². The van der Waals surface area contributed by atoms with E-state index in [0.717, 1.165) is 18.8 Å². The van der Waals surface area contributed by atoms with Gasteiger partial charge in [0, 0.05) is 31.5 Å². The fourth-order valence-electron chi connectivity index (χ4n) is 1.58. The number of nitrogens with zero attached hydrogens (tertiary/aromatic N) is 1. The molecule has 20 heavy (non-hydrogen) atoms. The van der Waals surface area contributed by atoms with Crippen LogP contribution in [0.4, 0.5) is 13.2 Å². The van der Waals surface area contributed by atoms with E-state index in [1.807, 2.05) is 4.57 Å². The van der Waals surface area contributed by atoms with E-state index in [2.05, 4.69) is 11.1 Å². The van der Waals surface area contributed by atoms with Gasteiger partial charge in [-0.2, -0.15) is 13.2 Å². The van der Waals surface area contributed by atoms with Gasteiger partial charge in [0.2, 0.25) is 0 Å². The van der Waals surface area contributed by atoms with Crippen molar-refractivity contribution in [1.29, 1.82) is 0 Å². The molecule has 0 aromatic carbocycles. The lowest BCUT2D eigenvalue weighted by atomic mass is 10.2. The summed E-state index contributed by atoms with van der Waals surface area (Å²) in [4.78, 5) is 19.9. The van der Waals surface area contributed by atoms with Crippen molar-refractivity contribution in [3.05, 3.63) is 22.5 Å². The fraction of sp³-hybridized carbons (Fsp3) is 0.400. The average molecular weight is 314 g/mol. The number of aromatic carboxylic acids is 1. The van der Waals surface area contributed by atoms with Crippen LogP contribution in [0.25, 0.3) is 0 Å². The predicted octanol–water partition coefficient (Wildman–Crippen LogP) is 0.977. The number of hydrogen-bond acceptors (Lipinski definition) is 3. The molecule has 0 saturated carbocycles. The number of alkyl halides is 3. The zero-order chi connectivity index (χ0) is 15.5. The monoisotopic (exact) mass is 313 g/mol. The molecular weight excluding hydrogens is 303 g/mol. The number of carbonyl (C=O) groups is 2. The molecule has 0 atom stereocenters. The van der Waals surface area contributed by atoms with Crippen LogP contribution < -0.4 is 11.1 Å². The van der Waals surface area contributed by atoms with Gasteiger partial charge in [-0.05, 0) is 0 Å². The SMILES string of the molecule is NC(=O)C(F)(F)F.O=C(O)c1c(Cl)cn2c1CNCC2. The lowest BCUT2D eigenvalue weighted by Crippen LogP contribution is -2.30. The topological polar surface area (TPSA) is 97.3 Å². The summed E-state index contributed by atoms with van der Waals surface area (Å²) >= 11 is 5.80. The molecule has 1 aliphatic heterocycles. The maximum absolute atomic E-state index is 10.8. The van der Waals surface area contributed by atoms with Crippen molar-refractivity contribution in [2.75, 3.05) is 6.54 Å². The van der Waals surface area contributed by atoms with Crippen molar-refractivity contribution in [2.45, 2.75) is 19.3 Å². The molecule has 2 rings (SSSR count). The highest BCUT2D eigenvalue weighted by Gasteiger charge is 2.35. The second-order valence-electron chi connectivity index (χ2n) is 3.84. The van der Waals surface area contributed by atoms with Crippen molar-refractivity contribution in [1.82, 2.24) is 9.88 Å². The summed E-state index contributed by atoms with van der Waals surface area (Å²) in [7, 11) is 0. The molecule has 6 nitrogen and oxygen atoms in total. The van der Waals surface area contributed by atoms with E-state index in [0.29, 0.717) is 11.6 Å². The third-order valence-corrected chi connectivity index (χ3v) is 2.75. The zero-order valence-electron chi connectivity index (χ0n) is 10.00. The van der Waals surface area contributed by atoms with E-state index in [9.17, 15) is 18.0 Å². The number of nitrogens with one attached hydrogen (secondary N) is 1. The number of halogens is 4. The van der Waals surface area contributed by atoms with Gasteiger partial charge in [0.25, 0.3) is 0 Å². The van der Waals surface area contributed by atoms with Gasteiger partial charge in [0.15, 0.2) is 0 Å². The molecule has 2 heterocycles. The van der Waals surface area contributed by atoms with Gasteiger partial charge in [-0.25, -0.2) is 4.79 Å². The van der Waals surface area contributed by atoms with Crippen molar-refractivity contribution in [3.63, 3.8) is 0 Å². The molecule has 0 spiro atoms. The Bertz CT molecular complexity index is 528. The molecule has 10 heteroatoms. The summed E-state index contributed by atoms with van der Waals surface area (Å²) in [6.45, 7) is 2.22. The second kappa shape index (κ2) is 6.14. The normalized spacial score (nSPS) is 14.0. The first-order valence-electron chi connectivity index (χ1n) is 5.32. The zero-order valence-corrected chi connectivity index (χ0v) is 10.8. The van der Waals surface area contributed by atoms with Gasteiger partial charge in [-0.15, -0.1) is 0 Å². The summed E-state index contributed by atoms with van der Waals surface area (Å²) in [5, 5.41) is 12.3. The maximum Gasteiger partial charge on any atom is 0.470 e. The molecule has 0 fully saturated rings. The second-order valence-corrected chi connectivity index (χ2v) is 4.24. The summed E-state index contributed by atoms with van der Waals surface area (Å²) in [5.74, 6) is -3.21. The summed E-state index contributed by atoms with van der Waals surface area (Å²) < 4.78 is 34.0. The smallest absolute Gasteiger partial charge is 0.470 e. The molecule has 0 unspecified atom stereocenters. The number of aromatic nitrogens is 1. The molecule has 4 N–H and O–H groups in total. The molecule has 112 valence electrons. The number of primary amides is 1. The minimum Gasteiger partial charge on any atom is -0.478 e. The first kappa shape index (κ1) is 16.3. The molecule has 1 aromatic rings. The highest BCUT2D eigenvalue weighted by atomic mass is 35.5. The van der Waals surface area contributed by atoms with Crippen LogP contribution in [0.5, 0.6) is 0 Å². The fourth-order valence-corrected chi connectivity index (χ4v) is 1.89. The molecule has 1 aromatic heterocycles. The van der Waals surface area contributed by atoms with Crippen LogP contribution >= 0.6 is 11.6 Å². The number of rotatable bonds is 1. The Balaban J connectivity index is 0.000000246. The minimum atomic E-state index is -4.86. The van der Waals surface area contributed by atoms with Crippen LogP contribution in [0.15, 0.2) is 6.20 Å². The lowest BCUT2D eigenvalue weighted by molar-refractivity contribution is -0.169. The number of hydrogen-bond donors (Lipinski definition) is 3. The molecule has 0 radical (unpaired) electrons. The number of nitrogens with two attached hydrogens (primary N) is 1. The van der Waals surface area contributed by atoms with E-state index < -0.39 is 18.1 Å². The van der Waals surface area contributed by atoms with E-state index in [1.165, 1.54) is 0 Å². The van der Waals surface area contributed by atoms with Crippen molar-refractivity contribution in [3.8, 4) is 0 Å². The number of carboxylic acids is 1. The number of carboxylic acid groups (broad SMARTS) is 1. The first-order chi connectivity index (χ1) is 9.14. The van der Waals surface area contributed by atoms with E-state index in [-0.39, 0.29) is 5.56 Å². The Labute approximate surface area is 116 Å². The maximum atomic E-state index is 10.8. The van der Waals surface area contributed by atoms with E-state index in [4.69, 9.17) is 21.5 Å². The van der Waals surface area contributed by atoms with E-state index >= 15 is 0 Å². The summed E-state index contributed by atoms with van der Waals surface area (Å²) in [5.41, 5.74) is 4.80. The predicted molar refractivity (Wildman–Crippen MR) is 63.4 cm³/mol. The molecule has 1 aliphatic rings. The van der Waals surface area contributed by atoms with Crippen LogP contribution in [0, 0.1) is 0 Å². The van der Waals surface area contributed by atoms with Gasteiger partial charge in [-0.3, -0.25) is 4.79 Å². The Morgan fingerprint density at radius 1 is 1.45 bits per heavy atom. The van der Waals surface area contributed by atoms with Crippen molar-refractivity contribution >= 4 is 23.5 Å². The number of carbonyl (C=O) groups excluding carboxylic acids is 1. The largest absolute Gasteiger partial charge is 0.478 e. The standard InChI is InChI=1S/C8H9ClN2O2.C2H2F3NO/c9-5-4-11-2-1-10-3-6(11)7(5)8(12)13;3-2(4,5)1(6)7/h4,10H,1-3H2,(H,12,13);(H2,6,7). The lowest BCUT2D eigenvalue weighted by Gasteiger charge is -2.16. The van der Waals surface area contributed by atoms with Crippen molar-refractivity contribution < 1.29 is 27.9 Å². The average Bonchev–Trinajstić information content (AvgIpc) is 2.64. The van der Waals surface area contributed by atoms with E-state index in [1.54, 1.807) is 6.20 Å². The number of fused-ring (bicyclic) bond motifs is 1. The van der Waals surface area contributed by atoms with Crippen LogP contribution in [0.2, 0.25) is 5.02 Å². The van der Waals surface area contributed by atoms with Gasteiger partial charge < -0.3 is 20.7 Å². The summed E-state index contributed by atoms with van der Waals surface area (Å²) in [6.07, 6.45) is -3.18. The highest BCUT2D eigenvalue weighted by Crippen LogP contribution is 2.24. The summed E-state index contributed by atoms with van der Waals surface area (Å²) in [6, 6.07) is 0. The highest BCUT2D eigenvalue weighted by molar-refractivity contribution is 6.33. The van der Waals surface area contributed by atoms with Crippen LogP contribution in [-0.4, -0.2) is 34.3 Å². The Kier molecular flexibility index (Phi) is 5.01. The molecule has 0 saturated heterocycles. The van der Waals surface area contributed by atoms with Crippen LogP contribution in [-0.2, 0) is 17.9 Å². The van der Waals surface area contributed by atoms with Gasteiger partial charge >= 0.3 is 18.1 Å². The molecule has 0 bridgehead atoms. The quantitative estimate of drug-likeness (QED) is 0.720. The third-order valence-electron chi connectivity index (χ3n) is 2.46. The third kappa shape index (κ3) is 3.87. The van der Waals surface area contributed by atoms with Gasteiger partial charge in [0.1, 0.15) is 5.56 Å². The van der Waals surface area contributed by atoms with Crippen LogP contribution in [0.3, 0.4) is 0 Å². The Hall–Kier alpha value is -1.74. The molecule has 0 aliphatic carbocycles. The Morgan fingerprint density at radius 2 is 2.00 bits per heavy atom. The minimum absolute atomic E-state index is 0.230. The van der Waals surface area contributed by atoms with Crippen molar-refractivity contribution in [2.24, 2.45) is 5.73 Å².